The van der Waals surface area contributed by atoms with Gasteiger partial charge in [-0.2, -0.15) is 9.97 Å². The fraction of sp³-hybridized carbons (Fsp3) is 0.250. The maximum atomic E-state index is 10.7. The molecule has 0 aliphatic heterocycles. The Morgan fingerprint density at radius 2 is 1.92 bits per heavy atom. The van der Waals surface area contributed by atoms with Crippen molar-refractivity contribution in [2.45, 2.75) is 3.79 Å². The Morgan fingerprint density at radius 3 is 2.33 bits per heavy atom. The Bertz CT molecular complexity index is 343. The van der Waals surface area contributed by atoms with Gasteiger partial charge in [-0.15, -0.1) is 0 Å². The second-order valence-electron chi connectivity index (χ2n) is 1.86. The summed E-state index contributed by atoms with van der Waals surface area (Å²) in [7, 11) is 0. The lowest BCUT2D eigenvalue weighted by molar-refractivity contribution is 0.892. The maximum absolute atomic E-state index is 10.7. The average molecular weight is 229 g/mol. The number of hydrogen-bond acceptors (Lipinski definition) is 4. The van der Waals surface area contributed by atoms with E-state index < -0.39 is 9.48 Å². The summed E-state index contributed by atoms with van der Waals surface area (Å²) < 4.78 is -1.80. The minimum atomic E-state index is -1.80. The van der Waals surface area contributed by atoms with Gasteiger partial charge >= 0.3 is 5.69 Å². The number of H-pyrrole nitrogens is 1. The molecule has 0 amide bonds. The molecule has 0 radical (unpaired) electrons. The van der Waals surface area contributed by atoms with Gasteiger partial charge in [0, 0.05) is 0 Å². The zero-order valence-electron chi connectivity index (χ0n) is 5.51. The number of aromatic nitrogens is 3. The van der Waals surface area contributed by atoms with E-state index in [1.165, 1.54) is 0 Å². The summed E-state index contributed by atoms with van der Waals surface area (Å²) in [5.74, 6) is -0.384. The molecule has 0 atom stereocenters. The number of hydrogen-bond donors (Lipinski definition) is 2. The number of anilines is 1. The smallest absolute Gasteiger partial charge is 0.349 e. The highest BCUT2D eigenvalue weighted by Crippen LogP contribution is 2.35. The molecule has 0 aromatic carbocycles. The number of alkyl halides is 3. The lowest BCUT2D eigenvalue weighted by atomic mass is 10.7. The number of rotatable bonds is 0. The van der Waals surface area contributed by atoms with Crippen LogP contribution in [0.15, 0.2) is 4.79 Å². The number of nitrogens with zero attached hydrogens (tertiary/aromatic N) is 2. The van der Waals surface area contributed by atoms with E-state index in [9.17, 15) is 4.79 Å². The third kappa shape index (κ3) is 2.23. The van der Waals surface area contributed by atoms with Gasteiger partial charge in [0.2, 0.25) is 9.74 Å². The fourth-order valence-electron chi connectivity index (χ4n) is 0.535. The minimum absolute atomic E-state index is 0.148. The molecule has 1 aromatic rings. The summed E-state index contributed by atoms with van der Waals surface area (Å²) in [5.41, 5.74) is 4.43. The van der Waals surface area contributed by atoms with Crippen LogP contribution in [-0.2, 0) is 3.79 Å². The normalized spacial score (nSPS) is 11.6. The Labute approximate surface area is 81.9 Å². The van der Waals surface area contributed by atoms with Crippen LogP contribution in [0.4, 0.5) is 5.95 Å². The average Bonchev–Trinajstić information content (AvgIpc) is 1.82. The van der Waals surface area contributed by atoms with Crippen LogP contribution in [-0.4, -0.2) is 15.0 Å². The van der Waals surface area contributed by atoms with Crippen molar-refractivity contribution in [3.05, 3.63) is 16.3 Å². The van der Waals surface area contributed by atoms with Crippen LogP contribution in [0.2, 0.25) is 0 Å². The standard InChI is InChI=1S/C4H3Cl3N4O/c5-4(6,7)1-9-2(8)11-3(12)10-1/h(H3,8,9,10,11,12). The monoisotopic (exact) mass is 228 g/mol. The van der Waals surface area contributed by atoms with E-state index in [0.717, 1.165) is 0 Å². The van der Waals surface area contributed by atoms with E-state index >= 15 is 0 Å². The molecule has 0 aliphatic carbocycles. The first-order chi connectivity index (χ1) is 5.39. The second-order valence-corrected chi connectivity index (χ2v) is 4.14. The summed E-state index contributed by atoms with van der Waals surface area (Å²) in [6.45, 7) is 0. The van der Waals surface area contributed by atoms with E-state index in [1.54, 1.807) is 0 Å². The molecule has 1 aromatic heterocycles. The lowest BCUT2D eigenvalue weighted by Gasteiger charge is -2.08. The first kappa shape index (κ1) is 9.57. The van der Waals surface area contributed by atoms with Gasteiger partial charge in [0.05, 0.1) is 0 Å². The lowest BCUT2D eigenvalue weighted by Crippen LogP contribution is -2.21. The highest BCUT2D eigenvalue weighted by molar-refractivity contribution is 6.66. The molecule has 5 nitrogen and oxygen atoms in total. The number of nitrogen functional groups attached to an aromatic ring is 1. The summed E-state index contributed by atoms with van der Waals surface area (Å²) in [5, 5.41) is 0. The largest absolute Gasteiger partial charge is 0.368 e. The van der Waals surface area contributed by atoms with Crippen LogP contribution in [0.3, 0.4) is 0 Å². The van der Waals surface area contributed by atoms with Crippen LogP contribution in [0.1, 0.15) is 5.82 Å². The second kappa shape index (κ2) is 3.08. The third-order valence-corrected chi connectivity index (χ3v) is 1.47. The molecule has 1 rings (SSSR count). The first-order valence-corrected chi connectivity index (χ1v) is 3.84. The highest BCUT2D eigenvalue weighted by atomic mass is 35.6. The molecule has 8 heteroatoms. The molecule has 0 fully saturated rings. The van der Waals surface area contributed by atoms with Gasteiger partial charge in [0.25, 0.3) is 0 Å². The Kier molecular flexibility index (Phi) is 2.46. The molecule has 0 spiro atoms. The SMILES string of the molecule is Nc1nc(C(Cl)(Cl)Cl)[nH]c(=O)n1. The van der Waals surface area contributed by atoms with Crippen LogP contribution in [0.5, 0.6) is 0 Å². The van der Waals surface area contributed by atoms with Gasteiger partial charge < -0.3 is 5.73 Å². The number of nitrogens with one attached hydrogen (secondary N) is 1. The van der Waals surface area contributed by atoms with Crippen molar-refractivity contribution < 1.29 is 0 Å². The van der Waals surface area contributed by atoms with Crippen molar-refractivity contribution in [1.29, 1.82) is 0 Å². The Balaban J connectivity index is 3.27. The van der Waals surface area contributed by atoms with E-state index in [2.05, 4.69) is 15.0 Å². The molecule has 0 bridgehead atoms. The van der Waals surface area contributed by atoms with E-state index in [0.29, 0.717) is 0 Å². The summed E-state index contributed by atoms with van der Waals surface area (Å²) >= 11 is 16.3. The third-order valence-electron chi connectivity index (χ3n) is 0.936. The zero-order chi connectivity index (χ0) is 9.35. The fourth-order valence-corrected chi connectivity index (χ4v) is 0.804. The van der Waals surface area contributed by atoms with Crippen molar-refractivity contribution in [3.8, 4) is 0 Å². The minimum Gasteiger partial charge on any atom is -0.368 e. The molecule has 3 N–H and O–H groups in total. The highest BCUT2D eigenvalue weighted by Gasteiger charge is 2.26. The molecule has 12 heavy (non-hydrogen) atoms. The molecule has 0 saturated carbocycles. The van der Waals surface area contributed by atoms with Crippen molar-refractivity contribution in [2.24, 2.45) is 0 Å². The maximum Gasteiger partial charge on any atom is 0.349 e. The molecule has 66 valence electrons. The summed E-state index contributed by atoms with van der Waals surface area (Å²) in [6.07, 6.45) is 0. The van der Waals surface area contributed by atoms with E-state index in [1.807, 2.05) is 0 Å². The molecule has 0 unspecified atom stereocenters. The van der Waals surface area contributed by atoms with Crippen molar-refractivity contribution in [1.82, 2.24) is 15.0 Å². The summed E-state index contributed by atoms with van der Waals surface area (Å²) in [4.78, 5) is 19.6. The molecule has 0 aliphatic rings. The molecular weight excluding hydrogens is 226 g/mol. The van der Waals surface area contributed by atoms with Gasteiger partial charge in [0.15, 0.2) is 5.82 Å². The van der Waals surface area contributed by atoms with Gasteiger partial charge in [-0.1, -0.05) is 34.8 Å². The number of nitrogens with two attached hydrogens (primary N) is 1. The van der Waals surface area contributed by atoms with E-state index in [-0.39, 0.29) is 11.8 Å². The van der Waals surface area contributed by atoms with Gasteiger partial charge in [-0.05, 0) is 0 Å². The first-order valence-electron chi connectivity index (χ1n) is 2.70. The van der Waals surface area contributed by atoms with Crippen LogP contribution in [0.25, 0.3) is 0 Å². The quantitative estimate of drug-likeness (QED) is 0.637. The topological polar surface area (TPSA) is 84.7 Å². The predicted molar refractivity (Wildman–Crippen MR) is 46.3 cm³/mol. The van der Waals surface area contributed by atoms with Crippen LogP contribution < -0.4 is 11.4 Å². The van der Waals surface area contributed by atoms with Crippen LogP contribution in [0, 0.1) is 0 Å². The number of halogens is 3. The van der Waals surface area contributed by atoms with Crippen molar-refractivity contribution >= 4 is 40.8 Å². The van der Waals surface area contributed by atoms with Crippen molar-refractivity contribution in [3.63, 3.8) is 0 Å². The molecule has 1 heterocycles. The number of aromatic amines is 1. The van der Waals surface area contributed by atoms with Gasteiger partial charge in [0.1, 0.15) is 0 Å². The molecule has 0 saturated heterocycles. The van der Waals surface area contributed by atoms with Gasteiger partial charge in [-0.3, -0.25) is 4.98 Å². The Hall–Kier alpha value is -0.520. The summed E-state index contributed by atoms with van der Waals surface area (Å²) in [6, 6.07) is 0. The van der Waals surface area contributed by atoms with Crippen LogP contribution >= 0.6 is 34.8 Å². The zero-order valence-corrected chi connectivity index (χ0v) is 7.78. The van der Waals surface area contributed by atoms with E-state index in [4.69, 9.17) is 40.5 Å². The predicted octanol–water partition coefficient (Wildman–Crippen LogP) is 0.574. The van der Waals surface area contributed by atoms with Gasteiger partial charge in [-0.25, -0.2) is 4.79 Å². The Morgan fingerprint density at radius 1 is 1.33 bits per heavy atom. The van der Waals surface area contributed by atoms with Crippen molar-refractivity contribution in [2.75, 3.05) is 5.73 Å². The molecular formula is C4H3Cl3N4O.